The molecule has 3 aliphatic rings. The van der Waals surface area contributed by atoms with Crippen molar-refractivity contribution in [2.24, 2.45) is 11.1 Å². The minimum Gasteiger partial charge on any atom is -0.481 e. The van der Waals surface area contributed by atoms with Gasteiger partial charge in [0, 0.05) is 42.3 Å². The zero-order valence-electron chi connectivity index (χ0n) is 18.7. The minimum absolute atomic E-state index is 0.113. The number of fused-ring (bicyclic) bond motifs is 1. The van der Waals surface area contributed by atoms with Crippen molar-refractivity contribution in [1.29, 1.82) is 0 Å². The molecule has 2 aromatic heterocycles. The first-order chi connectivity index (χ1) is 15.8. The third kappa shape index (κ3) is 4.29. The Bertz CT molecular complexity index is 1080. The van der Waals surface area contributed by atoms with E-state index < -0.39 is 22.2 Å². The van der Waals surface area contributed by atoms with Crippen molar-refractivity contribution in [2.45, 2.75) is 70.1 Å². The molecule has 1 aliphatic carbocycles. The molecule has 33 heavy (non-hydrogen) atoms. The Morgan fingerprint density at radius 1 is 1.24 bits per heavy atom. The molecule has 11 heteroatoms. The van der Waals surface area contributed by atoms with Gasteiger partial charge in [0.1, 0.15) is 5.60 Å². The van der Waals surface area contributed by atoms with Gasteiger partial charge in [-0.2, -0.15) is 15.7 Å². The molecule has 0 radical (unpaired) electrons. The molecule has 4 N–H and O–H groups in total. The van der Waals surface area contributed by atoms with E-state index in [9.17, 15) is 19.0 Å². The van der Waals surface area contributed by atoms with Gasteiger partial charge in [0.15, 0.2) is 5.65 Å². The lowest BCUT2D eigenvalue weighted by Gasteiger charge is -2.39. The second kappa shape index (κ2) is 8.44. The number of carbonyl (C=O) groups is 1. The number of carboxylic acids is 1. The van der Waals surface area contributed by atoms with E-state index in [1.165, 1.54) is 0 Å². The first-order valence-electron chi connectivity index (χ1n) is 11.6. The predicted octanol–water partition coefficient (Wildman–Crippen LogP) is 3.91. The second-order valence-electron chi connectivity index (χ2n) is 9.48. The summed E-state index contributed by atoms with van der Waals surface area (Å²) < 4.78 is 21.9. The highest BCUT2D eigenvalue weighted by molar-refractivity contribution is 8.24. The van der Waals surface area contributed by atoms with E-state index in [0.717, 1.165) is 28.0 Å². The zero-order chi connectivity index (χ0) is 23.2. The van der Waals surface area contributed by atoms with Crippen LogP contribution < -0.4 is 5.32 Å². The summed E-state index contributed by atoms with van der Waals surface area (Å²) in [6.45, 7) is 2.73. The summed E-state index contributed by atoms with van der Waals surface area (Å²) >= 11 is 0. The Hall–Kier alpha value is -2.37. The van der Waals surface area contributed by atoms with Gasteiger partial charge in [0.2, 0.25) is 0 Å². The van der Waals surface area contributed by atoms with Gasteiger partial charge in [-0.05, 0) is 45.4 Å². The number of anilines is 1. The van der Waals surface area contributed by atoms with Crippen molar-refractivity contribution in [3.8, 4) is 0 Å². The van der Waals surface area contributed by atoms with E-state index in [0.29, 0.717) is 63.0 Å². The summed E-state index contributed by atoms with van der Waals surface area (Å²) in [6.07, 6.45) is 8.14. The predicted molar refractivity (Wildman–Crippen MR) is 127 cm³/mol. The van der Waals surface area contributed by atoms with Gasteiger partial charge in [-0.15, -0.1) is 0 Å². The van der Waals surface area contributed by atoms with Crippen LogP contribution in [0.4, 0.5) is 5.69 Å². The van der Waals surface area contributed by atoms with Gasteiger partial charge in [-0.3, -0.25) is 13.9 Å². The van der Waals surface area contributed by atoms with Crippen LogP contribution in [0.3, 0.4) is 0 Å². The van der Waals surface area contributed by atoms with E-state index in [4.69, 9.17) is 4.84 Å². The molecule has 0 bridgehead atoms. The first kappa shape index (κ1) is 22.4. The highest BCUT2D eigenvalue weighted by Gasteiger charge is 2.44. The molecule has 0 unspecified atom stereocenters. The number of nitrogens with zero attached hydrogens (tertiary/aromatic N) is 4. The summed E-state index contributed by atoms with van der Waals surface area (Å²) in [7, 11) is -2.46. The number of pyridine rings is 1. The van der Waals surface area contributed by atoms with Crippen LogP contribution in [0.1, 0.15) is 57.4 Å². The molecule has 5 rings (SSSR count). The van der Waals surface area contributed by atoms with Gasteiger partial charge in [-0.1, -0.05) is 5.16 Å². The highest BCUT2D eigenvalue weighted by Crippen LogP contribution is 2.46. The third-order valence-corrected chi connectivity index (χ3v) is 9.08. The molecule has 0 atom stereocenters. The molecule has 0 aromatic carbocycles. The Labute approximate surface area is 193 Å². The molecule has 1 saturated heterocycles. The van der Waals surface area contributed by atoms with Gasteiger partial charge in [0.25, 0.3) is 0 Å². The van der Waals surface area contributed by atoms with Crippen LogP contribution in [0.5, 0.6) is 0 Å². The Morgan fingerprint density at radius 2 is 1.97 bits per heavy atom. The maximum atomic E-state index is 11.3. The number of carboxylic acid groups (broad SMARTS) is 1. The van der Waals surface area contributed by atoms with Crippen LogP contribution in [-0.4, -0.2) is 63.8 Å². The summed E-state index contributed by atoms with van der Waals surface area (Å²) in [6, 6.07) is 0.113. The van der Waals surface area contributed by atoms with Gasteiger partial charge in [-0.25, -0.2) is 9.67 Å². The Kier molecular flexibility index (Phi) is 5.74. The Balaban J connectivity index is 1.42. The third-order valence-electron chi connectivity index (χ3n) is 7.30. The van der Waals surface area contributed by atoms with Crippen LogP contribution in [0, 0.1) is 5.92 Å². The van der Waals surface area contributed by atoms with Crippen molar-refractivity contribution >= 4 is 39.0 Å². The Morgan fingerprint density at radius 3 is 2.64 bits per heavy atom. The van der Waals surface area contributed by atoms with Crippen LogP contribution in [0.15, 0.2) is 17.5 Å². The lowest BCUT2D eigenvalue weighted by Crippen LogP contribution is -2.36. The van der Waals surface area contributed by atoms with Crippen molar-refractivity contribution in [3.63, 3.8) is 0 Å². The van der Waals surface area contributed by atoms with Crippen molar-refractivity contribution in [1.82, 2.24) is 14.8 Å². The van der Waals surface area contributed by atoms with E-state index in [2.05, 4.69) is 20.6 Å². The molecular weight excluding hydrogens is 446 g/mol. The average Bonchev–Trinajstić information content (AvgIpc) is 3.40. The molecule has 2 aliphatic heterocycles. The van der Waals surface area contributed by atoms with Crippen LogP contribution in [0.2, 0.25) is 0 Å². The lowest BCUT2D eigenvalue weighted by molar-refractivity contribution is -0.145. The average molecular weight is 478 g/mol. The molecule has 2 fully saturated rings. The van der Waals surface area contributed by atoms with Gasteiger partial charge in [0.05, 0.1) is 28.9 Å². The molecule has 1 saturated carbocycles. The number of nitrogens with one attached hydrogen (secondary N) is 1. The van der Waals surface area contributed by atoms with Crippen molar-refractivity contribution in [2.75, 3.05) is 16.8 Å². The maximum Gasteiger partial charge on any atom is 0.306 e. The molecule has 1 spiro atoms. The number of aliphatic carboxylic acids is 1. The van der Waals surface area contributed by atoms with E-state index in [1.54, 1.807) is 0 Å². The normalized spacial score (nSPS) is 23.9. The molecule has 4 heterocycles. The number of aryl methyl sites for hydroxylation is 1. The first-order valence-corrected chi connectivity index (χ1v) is 13.5. The number of rotatable bonds is 5. The van der Waals surface area contributed by atoms with Gasteiger partial charge >= 0.3 is 5.97 Å². The minimum atomic E-state index is -2.46. The standard InChI is InChI=1S/C22H31N5O5S/c1-2-27-20-17(13-24-27)19(25-15-5-9-33(30,31)10-6-15)16(12-23-20)18-11-22(32-26-18)7-3-14(4-8-22)21(28)29/h12-15,30-31H,2-11H2,1H3,(H,23,25)(H,28,29). The molecular formula is C22H31N5O5S. The number of aromatic nitrogens is 3. The van der Waals surface area contributed by atoms with Crippen LogP contribution >= 0.6 is 10.6 Å². The smallest absolute Gasteiger partial charge is 0.306 e. The topological polar surface area (TPSA) is 142 Å². The summed E-state index contributed by atoms with van der Waals surface area (Å²) in [4.78, 5) is 22.0. The zero-order valence-corrected chi connectivity index (χ0v) is 19.6. The lowest BCUT2D eigenvalue weighted by atomic mass is 9.76. The summed E-state index contributed by atoms with van der Waals surface area (Å²) in [5.41, 5.74) is 2.93. The largest absolute Gasteiger partial charge is 0.481 e. The van der Waals surface area contributed by atoms with E-state index in [1.807, 2.05) is 24.0 Å². The maximum absolute atomic E-state index is 11.3. The molecule has 180 valence electrons. The summed E-state index contributed by atoms with van der Waals surface area (Å²) in [5.74, 6) is -0.236. The van der Waals surface area contributed by atoms with Gasteiger partial charge < -0.3 is 15.3 Å². The monoisotopic (exact) mass is 477 g/mol. The van der Waals surface area contributed by atoms with Crippen LogP contribution in [-0.2, 0) is 16.2 Å². The molecule has 2 aromatic rings. The van der Waals surface area contributed by atoms with Crippen molar-refractivity contribution in [3.05, 3.63) is 18.0 Å². The number of hydrogen-bond donors (Lipinski definition) is 4. The van der Waals surface area contributed by atoms with E-state index in [-0.39, 0.29) is 12.0 Å². The molecule has 0 amide bonds. The van der Waals surface area contributed by atoms with Crippen molar-refractivity contribution < 1.29 is 23.8 Å². The van der Waals surface area contributed by atoms with E-state index >= 15 is 0 Å². The number of hydrogen-bond acceptors (Lipinski definition) is 8. The quantitative estimate of drug-likeness (QED) is 0.508. The fourth-order valence-electron chi connectivity index (χ4n) is 5.21. The van der Waals surface area contributed by atoms with Crippen LogP contribution in [0.25, 0.3) is 11.0 Å². The summed E-state index contributed by atoms with van der Waals surface area (Å²) in [5, 5.41) is 22.8. The fourth-order valence-corrected chi connectivity index (χ4v) is 6.74. The SMILES string of the molecule is CCn1ncc2c(NC3CCS(O)(O)CC3)c(C3=NOC4(CCC(C(=O)O)CC4)C3)cnc21. The fraction of sp³-hybridized carbons (Fsp3) is 0.636. The highest BCUT2D eigenvalue weighted by atomic mass is 32.3. The second-order valence-corrected chi connectivity index (χ2v) is 11.9. The number of oxime groups is 1. The molecule has 10 nitrogen and oxygen atoms in total.